The minimum Gasteiger partial charge on any atom is -0.309 e. The molecule has 3 rings (SSSR count). The van der Waals surface area contributed by atoms with Gasteiger partial charge in [0.05, 0.1) is 0 Å². The summed E-state index contributed by atoms with van der Waals surface area (Å²) in [5.41, 5.74) is 0. The summed E-state index contributed by atoms with van der Waals surface area (Å²) < 4.78 is 0. The Kier molecular flexibility index (Phi) is 4.20. The highest BCUT2D eigenvalue weighted by atomic mass is 15.3. The fraction of sp³-hybridized carbons (Fsp3) is 1.00. The average Bonchev–Trinajstić information content (AvgIpc) is 2.05. The normalized spacial score (nSPS) is 32.1. The van der Waals surface area contributed by atoms with E-state index in [1.807, 2.05) is 13.8 Å². The van der Waals surface area contributed by atoms with E-state index in [-0.39, 0.29) is 0 Å². The molecule has 3 aliphatic rings. The molecule has 0 spiro atoms. The zero-order valence-electron chi connectivity index (χ0n) is 9.51. The second kappa shape index (κ2) is 4.97. The Hall–Kier alpha value is -0.0800. The predicted octanol–water partition coefficient (Wildman–Crippen LogP) is 1.71. The van der Waals surface area contributed by atoms with Gasteiger partial charge in [-0.15, -0.1) is 0 Å². The van der Waals surface area contributed by atoms with Crippen LogP contribution in [0.2, 0.25) is 0 Å². The highest BCUT2D eigenvalue weighted by molar-refractivity contribution is 4.97. The first-order valence-electron chi connectivity index (χ1n) is 5.72. The maximum atomic E-state index is 3.54. The van der Waals surface area contributed by atoms with Gasteiger partial charge in [-0.05, 0) is 12.3 Å². The Morgan fingerprint density at radius 2 is 1.69 bits per heavy atom. The van der Waals surface area contributed by atoms with Gasteiger partial charge in [-0.2, -0.15) is 0 Å². The SMILES string of the molecule is CC.CC(C)CN1CC2CC(C1)N2. The number of hydrogen-bond acceptors (Lipinski definition) is 2. The van der Waals surface area contributed by atoms with Crippen molar-refractivity contribution in [1.82, 2.24) is 10.2 Å². The lowest BCUT2D eigenvalue weighted by Crippen LogP contribution is -2.67. The van der Waals surface area contributed by atoms with E-state index < -0.39 is 0 Å². The zero-order valence-corrected chi connectivity index (χ0v) is 9.51. The lowest BCUT2D eigenvalue weighted by Gasteiger charge is -2.48. The van der Waals surface area contributed by atoms with Crippen LogP contribution in [0.3, 0.4) is 0 Å². The van der Waals surface area contributed by atoms with Crippen molar-refractivity contribution in [1.29, 1.82) is 0 Å². The first kappa shape index (κ1) is 11.0. The number of fused-ring (bicyclic) bond motifs is 2. The Bertz CT molecular complexity index is 126. The molecule has 2 unspecified atom stereocenters. The molecule has 3 fully saturated rings. The second-order valence-electron chi connectivity index (χ2n) is 4.41. The molecule has 0 radical (unpaired) electrons. The van der Waals surface area contributed by atoms with Gasteiger partial charge in [-0.3, -0.25) is 4.90 Å². The van der Waals surface area contributed by atoms with Crippen LogP contribution < -0.4 is 5.32 Å². The lowest BCUT2D eigenvalue weighted by atomic mass is 9.91. The van der Waals surface area contributed by atoms with E-state index in [9.17, 15) is 0 Å². The maximum Gasteiger partial charge on any atom is 0.0213 e. The third kappa shape index (κ3) is 2.96. The van der Waals surface area contributed by atoms with E-state index in [2.05, 4.69) is 24.1 Å². The summed E-state index contributed by atoms with van der Waals surface area (Å²) >= 11 is 0. The second-order valence-corrected chi connectivity index (χ2v) is 4.41. The number of piperazine rings is 1. The topological polar surface area (TPSA) is 15.3 Å². The maximum absolute atomic E-state index is 3.54. The van der Waals surface area contributed by atoms with Gasteiger partial charge in [0.25, 0.3) is 0 Å². The summed E-state index contributed by atoms with van der Waals surface area (Å²) in [6, 6.07) is 1.65. The largest absolute Gasteiger partial charge is 0.309 e. The molecule has 0 aromatic heterocycles. The molecule has 0 saturated carbocycles. The van der Waals surface area contributed by atoms with Crippen LogP contribution in [0.4, 0.5) is 0 Å². The Morgan fingerprint density at radius 3 is 2.08 bits per heavy atom. The third-order valence-electron chi connectivity index (χ3n) is 2.62. The van der Waals surface area contributed by atoms with Crippen molar-refractivity contribution in [2.75, 3.05) is 19.6 Å². The van der Waals surface area contributed by atoms with E-state index in [1.165, 1.54) is 26.1 Å². The average molecular weight is 184 g/mol. The fourth-order valence-corrected chi connectivity index (χ4v) is 2.27. The molecule has 3 saturated heterocycles. The molecule has 2 bridgehead atoms. The van der Waals surface area contributed by atoms with Crippen molar-refractivity contribution < 1.29 is 0 Å². The number of rotatable bonds is 2. The van der Waals surface area contributed by atoms with Crippen molar-refractivity contribution in [2.45, 2.75) is 46.2 Å². The number of hydrogen-bond donors (Lipinski definition) is 1. The number of nitrogens with one attached hydrogen (secondary N) is 1. The van der Waals surface area contributed by atoms with Gasteiger partial charge >= 0.3 is 0 Å². The van der Waals surface area contributed by atoms with E-state index >= 15 is 0 Å². The van der Waals surface area contributed by atoms with Gasteiger partial charge in [0.1, 0.15) is 0 Å². The molecule has 78 valence electrons. The van der Waals surface area contributed by atoms with E-state index in [0.717, 1.165) is 18.0 Å². The van der Waals surface area contributed by atoms with Crippen molar-refractivity contribution in [3.8, 4) is 0 Å². The highest BCUT2D eigenvalue weighted by Crippen LogP contribution is 2.21. The highest BCUT2D eigenvalue weighted by Gasteiger charge is 2.35. The van der Waals surface area contributed by atoms with Crippen molar-refractivity contribution in [3.63, 3.8) is 0 Å². The zero-order chi connectivity index (χ0) is 9.84. The van der Waals surface area contributed by atoms with Crippen LogP contribution in [-0.2, 0) is 0 Å². The fourth-order valence-electron chi connectivity index (χ4n) is 2.27. The van der Waals surface area contributed by atoms with Gasteiger partial charge in [0.2, 0.25) is 0 Å². The van der Waals surface area contributed by atoms with Crippen LogP contribution in [0.25, 0.3) is 0 Å². The molecule has 2 atom stereocenters. The molecule has 3 heterocycles. The molecular weight excluding hydrogens is 160 g/mol. The summed E-state index contributed by atoms with van der Waals surface area (Å²) in [7, 11) is 0. The Morgan fingerprint density at radius 1 is 1.23 bits per heavy atom. The van der Waals surface area contributed by atoms with Gasteiger partial charge in [-0.25, -0.2) is 0 Å². The van der Waals surface area contributed by atoms with Crippen molar-refractivity contribution in [3.05, 3.63) is 0 Å². The minimum atomic E-state index is 0.826. The Labute approximate surface area is 82.7 Å². The van der Waals surface area contributed by atoms with Crippen LogP contribution >= 0.6 is 0 Å². The first-order valence-corrected chi connectivity index (χ1v) is 5.72. The summed E-state index contributed by atoms with van der Waals surface area (Å²) in [5.74, 6) is 0.826. The molecule has 3 aliphatic heterocycles. The Balaban J connectivity index is 0.000000396. The number of nitrogens with zero attached hydrogens (tertiary/aromatic N) is 1. The monoisotopic (exact) mass is 184 g/mol. The summed E-state index contributed by atoms with van der Waals surface area (Å²) in [4.78, 5) is 2.60. The molecular formula is C11H24N2. The van der Waals surface area contributed by atoms with Crippen LogP contribution in [-0.4, -0.2) is 36.6 Å². The van der Waals surface area contributed by atoms with E-state index in [0.29, 0.717) is 0 Å². The van der Waals surface area contributed by atoms with Crippen molar-refractivity contribution >= 4 is 0 Å². The summed E-state index contributed by atoms with van der Waals surface area (Å²) in [6.07, 6.45) is 1.43. The summed E-state index contributed by atoms with van der Waals surface area (Å²) in [5, 5.41) is 3.54. The van der Waals surface area contributed by atoms with Gasteiger partial charge < -0.3 is 5.32 Å². The smallest absolute Gasteiger partial charge is 0.0213 e. The molecule has 2 nitrogen and oxygen atoms in total. The van der Waals surface area contributed by atoms with Crippen molar-refractivity contribution in [2.24, 2.45) is 5.92 Å². The van der Waals surface area contributed by atoms with Crippen LogP contribution in [0.15, 0.2) is 0 Å². The summed E-state index contributed by atoms with van der Waals surface area (Å²) in [6.45, 7) is 12.5. The minimum absolute atomic E-state index is 0.826. The number of piperidine rings is 1. The quantitative estimate of drug-likeness (QED) is 0.703. The predicted molar refractivity (Wildman–Crippen MR) is 58.0 cm³/mol. The van der Waals surface area contributed by atoms with E-state index in [4.69, 9.17) is 0 Å². The standard InChI is InChI=1S/C9H18N2.C2H6/c1-7(2)4-11-5-8-3-9(6-11)10-8;1-2/h7-10H,3-6H2,1-2H3;1-2H3. The third-order valence-corrected chi connectivity index (χ3v) is 2.62. The first-order chi connectivity index (χ1) is 6.24. The lowest BCUT2D eigenvalue weighted by molar-refractivity contribution is 0.0696. The van der Waals surface area contributed by atoms with Gasteiger partial charge in [0, 0.05) is 31.7 Å². The van der Waals surface area contributed by atoms with Gasteiger partial charge in [0.15, 0.2) is 0 Å². The molecule has 1 N–H and O–H groups in total. The molecule has 2 heteroatoms. The molecule has 0 aromatic rings. The van der Waals surface area contributed by atoms with Crippen LogP contribution in [0.1, 0.15) is 34.1 Å². The molecule has 0 amide bonds. The van der Waals surface area contributed by atoms with Crippen LogP contribution in [0, 0.1) is 5.92 Å². The van der Waals surface area contributed by atoms with Gasteiger partial charge in [-0.1, -0.05) is 27.7 Å². The van der Waals surface area contributed by atoms with E-state index in [1.54, 1.807) is 0 Å². The molecule has 13 heavy (non-hydrogen) atoms. The van der Waals surface area contributed by atoms with Crippen LogP contribution in [0.5, 0.6) is 0 Å². The molecule has 0 aromatic carbocycles. The molecule has 0 aliphatic carbocycles.